The summed E-state index contributed by atoms with van der Waals surface area (Å²) in [6, 6.07) is 23.1. The highest BCUT2D eigenvalue weighted by Crippen LogP contribution is 2.34. The highest BCUT2D eigenvalue weighted by atomic mass is 32.1. The smallest absolute Gasteiger partial charge is 0.160 e. The Balaban J connectivity index is 1.84. The number of hydrogen-bond donors (Lipinski definition) is 0. The molecule has 0 N–H and O–H groups in total. The lowest BCUT2D eigenvalue weighted by Gasteiger charge is -2.05. The summed E-state index contributed by atoms with van der Waals surface area (Å²) in [5.74, 6) is 0.790. The number of thiophene rings is 1. The number of hydrogen-bond acceptors (Lipinski definition) is 3. The average molecular weight is 312 g/mol. The van der Waals surface area contributed by atoms with Crippen LogP contribution in [0, 0.1) is 0 Å². The van der Waals surface area contributed by atoms with Crippen LogP contribution in [0.1, 0.15) is 0 Å². The molecule has 0 saturated carbocycles. The van der Waals surface area contributed by atoms with Gasteiger partial charge in [0, 0.05) is 21.8 Å². The van der Waals surface area contributed by atoms with Crippen molar-refractivity contribution in [2.24, 2.45) is 0 Å². The molecule has 0 atom stereocenters. The van der Waals surface area contributed by atoms with Gasteiger partial charge in [0.05, 0.1) is 10.2 Å². The van der Waals surface area contributed by atoms with Crippen molar-refractivity contribution in [2.45, 2.75) is 0 Å². The van der Waals surface area contributed by atoms with Crippen LogP contribution in [0.3, 0.4) is 0 Å². The molecule has 2 heterocycles. The maximum Gasteiger partial charge on any atom is 0.160 e. The van der Waals surface area contributed by atoms with Gasteiger partial charge in [-0.05, 0) is 16.8 Å². The molecule has 3 aromatic carbocycles. The van der Waals surface area contributed by atoms with Gasteiger partial charge in [-0.15, -0.1) is 11.3 Å². The number of aromatic nitrogens is 2. The second-order valence-electron chi connectivity index (χ2n) is 5.53. The largest absolute Gasteiger partial charge is 0.235 e. The first-order chi connectivity index (χ1) is 11.4. The fourth-order valence-electron chi connectivity index (χ4n) is 3.06. The Morgan fingerprint density at radius 3 is 2.43 bits per heavy atom. The first kappa shape index (κ1) is 12.7. The van der Waals surface area contributed by atoms with Crippen LogP contribution in [-0.4, -0.2) is 9.97 Å². The van der Waals surface area contributed by atoms with Crippen molar-refractivity contribution in [1.82, 2.24) is 9.97 Å². The summed E-state index contributed by atoms with van der Waals surface area (Å²) in [5, 5.41) is 3.61. The summed E-state index contributed by atoms with van der Waals surface area (Å²) < 4.78 is 2.39. The van der Waals surface area contributed by atoms with Crippen molar-refractivity contribution in [3.8, 4) is 11.4 Å². The molecule has 0 spiro atoms. The van der Waals surface area contributed by atoms with Gasteiger partial charge >= 0.3 is 0 Å². The van der Waals surface area contributed by atoms with Crippen molar-refractivity contribution in [3.63, 3.8) is 0 Å². The number of nitrogens with zero attached hydrogens (tertiary/aromatic N) is 2. The van der Waals surface area contributed by atoms with Gasteiger partial charge in [-0.25, -0.2) is 9.97 Å². The molecule has 5 aromatic rings. The lowest BCUT2D eigenvalue weighted by Crippen LogP contribution is -1.89. The minimum absolute atomic E-state index is 0.790. The molecule has 0 aliphatic heterocycles. The Morgan fingerprint density at radius 1 is 0.696 bits per heavy atom. The quantitative estimate of drug-likeness (QED) is 0.399. The van der Waals surface area contributed by atoms with Gasteiger partial charge in [-0.1, -0.05) is 60.7 Å². The Labute approximate surface area is 137 Å². The summed E-state index contributed by atoms with van der Waals surface area (Å²) in [5.41, 5.74) is 2.13. The number of fused-ring (bicyclic) bond motifs is 4. The first-order valence-electron chi connectivity index (χ1n) is 7.52. The number of benzene rings is 3. The van der Waals surface area contributed by atoms with Gasteiger partial charge in [-0.3, -0.25) is 0 Å². The van der Waals surface area contributed by atoms with E-state index in [9.17, 15) is 0 Å². The number of rotatable bonds is 1. The predicted octanol–water partition coefficient (Wildman–Crippen LogP) is 5.66. The van der Waals surface area contributed by atoms with E-state index in [1.54, 1.807) is 11.3 Å². The molecule has 0 amide bonds. The van der Waals surface area contributed by atoms with E-state index in [-0.39, 0.29) is 0 Å². The second-order valence-corrected chi connectivity index (χ2v) is 6.62. The van der Waals surface area contributed by atoms with Crippen LogP contribution in [-0.2, 0) is 0 Å². The van der Waals surface area contributed by atoms with Crippen LogP contribution in [0.5, 0.6) is 0 Å². The zero-order valence-electron chi connectivity index (χ0n) is 12.2. The normalized spacial score (nSPS) is 11.5. The summed E-state index contributed by atoms with van der Waals surface area (Å²) >= 11 is 1.74. The molecule has 0 aliphatic carbocycles. The zero-order chi connectivity index (χ0) is 15.2. The minimum atomic E-state index is 0.790. The third-order valence-electron chi connectivity index (χ3n) is 4.15. The van der Waals surface area contributed by atoms with E-state index in [2.05, 4.69) is 71.7 Å². The van der Waals surface area contributed by atoms with Crippen LogP contribution in [0.15, 0.2) is 72.9 Å². The van der Waals surface area contributed by atoms with E-state index in [1.807, 2.05) is 6.20 Å². The van der Waals surface area contributed by atoms with Crippen molar-refractivity contribution in [3.05, 3.63) is 72.9 Å². The van der Waals surface area contributed by atoms with E-state index in [0.29, 0.717) is 0 Å². The lowest BCUT2D eigenvalue weighted by molar-refractivity contribution is 1.24. The average Bonchev–Trinajstić information content (AvgIpc) is 2.99. The van der Waals surface area contributed by atoms with Crippen LogP contribution in [0.4, 0.5) is 0 Å². The van der Waals surface area contributed by atoms with E-state index in [0.717, 1.165) is 21.6 Å². The van der Waals surface area contributed by atoms with Crippen LogP contribution >= 0.6 is 11.3 Å². The Bertz CT molecular complexity index is 1170. The molecule has 2 aromatic heterocycles. The Hall–Kier alpha value is -2.78. The van der Waals surface area contributed by atoms with Gasteiger partial charge < -0.3 is 0 Å². The monoisotopic (exact) mass is 312 g/mol. The molecule has 2 nitrogen and oxygen atoms in total. The fraction of sp³-hybridized carbons (Fsp3) is 0. The molecule has 0 aliphatic rings. The molecule has 5 rings (SSSR count). The molecule has 108 valence electrons. The summed E-state index contributed by atoms with van der Waals surface area (Å²) in [6.45, 7) is 0. The predicted molar refractivity (Wildman–Crippen MR) is 97.9 cm³/mol. The van der Waals surface area contributed by atoms with Gasteiger partial charge in [0.1, 0.15) is 0 Å². The third-order valence-corrected chi connectivity index (χ3v) is 5.24. The minimum Gasteiger partial charge on any atom is -0.235 e. The summed E-state index contributed by atoms with van der Waals surface area (Å²) in [6.07, 6.45) is 1.95. The third kappa shape index (κ3) is 1.94. The van der Waals surface area contributed by atoms with Crippen molar-refractivity contribution < 1.29 is 0 Å². The zero-order valence-corrected chi connectivity index (χ0v) is 13.0. The van der Waals surface area contributed by atoms with E-state index in [1.165, 1.54) is 20.9 Å². The first-order valence-corrected chi connectivity index (χ1v) is 8.34. The maximum absolute atomic E-state index is 4.88. The van der Waals surface area contributed by atoms with E-state index < -0.39 is 0 Å². The van der Waals surface area contributed by atoms with Gasteiger partial charge in [0.15, 0.2) is 5.82 Å². The molecule has 3 heteroatoms. The summed E-state index contributed by atoms with van der Waals surface area (Å²) in [7, 11) is 0. The maximum atomic E-state index is 4.88. The highest BCUT2D eigenvalue weighted by Gasteiger charge is 2.10. The van der Waals surface area contributed by atoms with Gasteiger partial charge in [0.25, 0.3) is 0 Å². The van der Waals surface area contributed by atoms with Gasteiger partial charge in [-0.2, -0.15) is 0 Å². The fourth-order valence-corrected chi connectivity index (χ4v) is 4.07. The van der Waals surface area contributed by atoms with Gasteiger partial charge in [0.2, 0.25) is 0 Å². The standard InChI is InChI=1S/C20H12N2S/c1-2-8-14-13(6-1)7-5-10-15(14)20-21-12-18-19(22-20)16-9-3-4-11-17(16)23-18/h1-12H. The van der Waals surface area contributed by atoms with E-state index >= 15 is 0 Å². The lowest BCUT2D eigenvalue weighted by atomic mass is 10.0. The SMILES string of the molecule is c1ccc2c(-c3ncc4sc5ccccc5c4n3)cccc2c1. The molecule has 0 fully saturated rings. The molecule has 0 saturated heterocycles. The molecule has 0 radical (unpaired) electrons. The van der Waals surface area contributed by atoms with Crippen molar-refractivity contribution in [2.75, 3.05) is 0 Å². The highest BCUT2D eigenvalue weighted by molar-refractivity contribution is 7.25. The second kappa shape index (κ2) is 4.86. The van der Waals surface area contributed by atoms with E-state index in [4.69, 9.17) is 4.98 Å². The van der Waals surface area contributed by atoms with Crippen molar-refractivity contribution >= 4 is 42.4 Å². The molecular formula is C20H12N2S. The Kier molecular flexibility index (Phi) is 2.69. The molecule has 0 unspecified atom stereocenters. The molecular weight excluding hydrogens is 300 g/mol. The van der Waals surface area contributed by atoms with Crippen LogP contribution < -0.4 is 0 Å². The summed E-state index contributed by atoms with van der Waals surface area (Å²) in [4.78, 5) is 9.50. The molecule has 0 bridgehead atoms. The van der Waals surface area contributed by atoms with Crippen LogP contribution in [0.25, 0.3) is 42.5 Å². The topological polar surface area (TPSA) is 25.8 Å². The van der Waals surface area contributed by atoms with Crippen molar-refractivity contribution in [1.29, 1.82) is 0 Å². The molecule has 23 heavy (non-hydrogen) atoms. The Morgan fingerprint density at radius 2 is 1.48 bits per heavy atom. The van der Waals surface area contributed by atoms with Crippen LogP contribution in [0.2, 0.25) is 0 Å².